The first-order valence-electron chi connectivity index (χ1n) is 6.08. The zero-order chi connectivity index (χ0) is 13.2. The molecule has 0 radical (unpaired) electrons. The second-order valence-corrected chi connectivity index (χ2v) is 5.68. The van der Waals surface area contributed by atoms with Gasteiger partial charge in [0, 0.05) is 16.0 Å². The minimum Gasteiger partial charge on any atom is -0.441 e. The van der Waals surface area contributed by atoms with Gasteiger partial charge in [0.1, 0.15) is 5.52 Å². The van der Waals surface area contributed by atoms with E-state index in [0.29, 0.717) is 12.3 Å². The summed E-state index contributed by atoms with van der Waals surface area (Å²) in [6.07, 6.45) is 0.606. The summed E-state index contributed by atoms with van der Waals surface area (Å²) in [5.74, 6) is 0.687. The van der Waals surface area contributed by atoms with Gasteiger partial charge in [0.25, 0.3) is 0 Å². The van der Waals surface area contributed by atoms with Crippen LogP contribution in [-0.2, 0) is 6.42 Å². The van der Waals surface area contributed by atoms with E-state index in [1.54, 1.807) is 0 Å². The number of halogens is 1. The van der Waals surface area contributed by atoms with E-state index in [2.05, 4.69) is 51.8 Å². The first-order valence-corrected chi connectivity index (χ1v) is 7.16. The Balaban J connectivity index is 1.82. The molecule has 4 heteroatoms. The molecule has 1 unspecified atom stereocenters. The van der Waals surface area contributed by atoms with Crippen molar-refractivity contribution in [2.45, 2.75) is 12.5 Å². The predicted molar refractivity (Wildman–Crippen MR) is 83.8 cm³/mol. The number of nitrogens with two attached hydrogens (primary N) is 1. The molecule has 0 saturated carbocycles. The Bertz CT molecular complexity index is 658. The second-order valence-electron chi connectivity index (χ2n) is 4.44. The molecule has 0 aliphatic heterocycles. The fourth-order valence-electron chi connectivity index (χ4n) is 2.02. The first-order chi connectivity index (χ1) is 9.22. The third-order valence-corrected chi connectivity index (χ3v) is 3.75. The van der Waals surface area contributed by atoms with Crippen molar-refractivity contribution in [2.75, 3.05) is 0 Å². The van der Waals surface area contributed by atoms with Gasteiger partial charge in [-0.3, -0.25) is 0 Å². The quantitative estimate of drug-likeness (QED) is 0.722. The van der Waals surface area contributed by atoms with E-state index in [1.165, 1.54) is 3.57 Å². The zero-order valence-electron chi connectivity index (χ0n) is 10.2. The lowest BCUT2D eigenvalue weighted by Crippen LogP contribution is -2.13. The summed E-state index contributed by atoms with van der Waals surface area (Å²) < 4.78 is 6.90. The van der Waals surface area contributed by atoms with Gasteiger partial charge >= 0.3 is 0 Å². The highest BCUT2D eigenvalue weighted by atomic mass is 127. The van der Waals surface area contributed by atoms with Crippen molar-refractivity contribution in [3.8, 4) is 0 Å². The van der Waals surface area contributed by atoms with E-state index >= 15 is 0 Å². The highest BCUT2D eigenvalue weighted by Gasteiger charge is 2.12. The Morgan fingerprint density at radius 1 is 1.11 bits per heavy atom. The fraction of sp³-hybridized carbons (Fsp3) is 0.133. The molecular formula is C15H13IN2O. The van der Waals surface area contributed by atoms with Crippen LogP contribution >= 0.6 is 22.6 Å². The van der Waals surface area contributed by atoms with Gasteiger partial charge in [-0.2, -0.15) is 0 Å². The van der Waals surface area contributed by atoms with E-state index in [9.17, 15) is 0 Å². The molecule has 1 aromatic heterocycles. The van der Waals surface area contributed by atoms with Crippen LogP contribution < -0.4 is 5.73 Å². The molecule has 0 aliphatic carbocycles. The number of aromatic nitrogens is 1. The first kappa shape index (κ1) is 12.6. The molecule has 0 spiro atoms. The lowest BCUT2D eigenvalue weighted by molar-refractivity contribution is 0.502. The smallest absolute Gasteiger partial charge is 0.197 e. The average Bonchev–Trinajstić information content (AvgIpc) is 2.81. The third-order valence-electron chi connectivity index (χ3n) is 3.03. The van der Waals surface area contributed by atoms with Crippen molar-refractivity contribution < 1.29 is 4.42 Å². The molecule has 3 aromatic rings. The fourth-order valence-corrected chi connectivity index (χ4v) is 2.38. The lowest BCUT2D eigenvalue weighted by atomic mass is 10.1. The van der Waals surface area contributed by atoms with Crippen LogP contribution in [0.25, 0.3) is 11.1 Å². The number of fused-ring (bicyclic) bond motifs is 1. The summed E-state index contributed by atoms with van der Waals surface area (Å²) in [6.45, 7) is 0. The van der Waals surface area contributed by atoms with E-state index in [1.807, 2.05) is 24.3 Å². The van der Waals surface area contributed by atoms with Crippen LogP contribution in [0, 0.1) is 3.57 Å². The summed E-state index contributed by atoms with van der Waals surface area (Å²) in [5.41, 5.74) is 8.99. The Morgan fingerprint density at radius 2 is 1.84 bits per heavy atom. The van der Waals surface area contributed by atoms with Gasteiger partial charge in [-0.15, -0.1) is 0 Å². The molecule has 0 fully saturated rings. The monoisotopic (exact) mass is 364 g/mol. The number of para-hydroxylation sites is 2. The van der Waals surface area contributed by atoms with Crippen molar-refractivity contribution in [3.05, 3.63) is 63.6 Å². The lowest BCUT2D eigenvalue weighted by Gasteiger charge is -2.09. The highest BCUT2D eigenvalue weighted by Crippen LogP contribution is 2.20. The Morgan fingerprint density at radius 3 is 2.58 bits per heavy atom. The number of hydrogen-bond acceptors (Lipinski definition) is 3. The van der Waals surface area contributed by atoms with Gasteiger partial charge in [0.05, 0.1) is 0 Å². The molecule has 0 aliphatic rings. The maximum Gasteiger partial charge on any atom is 0.197 e. The SMILES string of the molecule is NC(Cc1nc2ccccc2o1)c1ccc(I)cc1. The van der Waals surface area contributed by atoms with Crippen molar-refractivity contribution >= 4 is 33.7 Å². The van der Waals surface area contributed by atoms with Gasteiger partial charge in [0.2, 0.25) is 0 Å². The summed E-state index contributed by atoms with van der Waals surface area (Å²) in [4.78, 5) is 4.45. The standard InChI is InChI=1S/C15H13IN2O/c16-11-7-5-10(6-8-11)12(17)9-15-18-13-3-1-2-4-14(13)19-15/h1-8,12H,9,17H2. The number of oxazole rings is 1. The van der Waals surface area contributed by atoms with E-state index in [-0.39, 0.29) is 6.04 Å². The maximum atomic E-state index is 6.20. The van der Waals surface area contributed by atoms with Gasteiger partial charge in [-0.25, -0.2) is 4.98 Å². The number of rotatable bonds is 3. The molecule has 3 nitrogen and oxygen atoms in total. The Labute approximate surface area is 125 Å². The van der Waals surface area contributed by atoms with Crippen LogP contribution in [0.3, 0.4) is 0 Å². The molecule has 3 rings (SSSR count). The minimum absolute atomic E-state index is 0.0925. The van der Waals surface area contributed by atoms with Crippen LogP contribution in [0.4, 0.5) is 0 Å². The van der Waals surface area contributed by atoms with Gasteiger partial charge < -0.3 is 10.2 Å². The van der Waals surface area contributed by atoms with E-state index in [4.69, 9.17) is 10.2 Å². The van der Waals surface area contributed by atoms with Gasteiger partial charge in [-0.1, -0.05) is 24.3 Å². The van der Waals surface area contributed by atoms with E-state index in [0.717, 1.165) is 16.7 Å². The van der Waals surface area contributed by atoms with Crippen LogP contribution in [0.5, 0.6) is 0 Å². The molecule has 0 amide bonds. The third kappa shape index (κ3) is 2.79. The highest BCUT2D eigenvalue weighted by molar-refractivity contribution is 14.1. The summed E-state index contributed by atoms with van der Waals surface area (Å²) >= 11 is 2.28. The predicted octanol–water partition coefficient (Wildman–Crippen LogP) is 3.67. The number of benzene rings is 2. The molecule has 0 saturated heterocycles. The minimum atomic E-state index is -0.0925. The average molecular weight is 364 g/mol. The summed E-state index contributed by atoms with van der Waals surface area (Å²) in [6, 6.07) is 15.9. The maximum absolute atomic E-state index is 6.20. The summed E-state index contributed by atoms with van der Waals surface area (Å²) in [7, 11) is 0. The molecule has 2 N–H and O–H groups in total. The topological polar surface area (TPSA) is 52.0 Å². The normalized spacial score (nSPS) is 12.7. The number of nitrogens with zero attached hydrogens (tertiary/aromatic N) is 1. The van der Waals surface area contributed by atoms with Crippen LogP contribution in [0.15, 0.2) is 52.9 Å². The molecule has 96 valence electrons. The van der Waals surface area contributed by atoms with Crippen molar-refractivity contribution in [2.24, 2.45) is 5.73 Å². The molecule has 1 atom stereocenters. The Hall–Kier alpha value is -1.40. The molecule has 0 bridgehead atoms. The van der Waals surface area contributed by atoms with E-state index < -0.39 is 0 Å². The molecular weight excluding hydrogens is 351 g/mol. The number of hydrogen-bond donors (Lipinski definition) is 1. The van der Waals surface area contributed by atoms with Gasteiger partial charge in [0.15, 0.2) is 11.5 Å². The molecule has 2 aromatic carbocycles. The van der Waals surface area contributed by atoms with Crippen LogP contribution in [0.2, 0.25) is 0 Å². The Kier molecular flexibility index (Phi) is 3.52. The van der Waals surface area contributed by atoms with Crippen molar-refractivity contribution in [1.29, 1.82) is 0 Å². The molecule has 19 heavy (non-hydrogen) atoms. The zero-order valence-corrected chi connectivity index (χ0v) is 12.4. The van der Waals surface area contributed by atoms with Crippen LogP contribution in [0.1, 0.15) is 17.5 Å². The molecule has 1 heterocycles. The van der Waals surface area contributed by atoms with Crippen LogP contribution in [-0.4, -0.2) is 4.98 Å². The van der Waals surface area contributed by atoms with Gasteiger partial charge in [-0.05, 0) is 52.4 Å². The van der Waals surface area contributed by atoms with Crippen molar-refractivity contribution in [3.63, 3.8) is 0 Å². The largest absolute Gasteiger partial charge is 0.441 e. The van der Waals surface area contributed by atoms with Crippen molar-refractivity contribution in [1.82, 2.24) is 4.98 Å². The summed E-state index contributed by atoms with van der Waals surface area (Å²) in [5, 5.41) is 0. The second kappa shape index (κ2) is 5.30.